The van der Waals surface area contributed by atoms with Gasteiger partial charge in [-0.05, 0) is 18.6 Å². The van der Waals surface area contributed by atoms with Crippen LogP contribution in [-0.2, 0) is 22.8 Å². The van der Waals surface area contributed by atoms with Gasteiger partial charge >= 0.3 is 5.69 Å². The normalized spacial score (nSPS) is 15.9. The highest BCUT2D eigenvalue weighted by atomic mass is 32.2. The van der Waals surface area contributed by atoms with Gasteiger partial charge in [0.2, 0.25) is 0 Å². The largest absolute Gasteiger partial charge is 0.363 e. The zero-order valence-corrected chi connectivity index (χ0v) is 16.9. The average Bonchev–Trinajstić information content (AvgIpc) is 3.08. The highest BCUT2D eigenvalue weighted by molar-refractivity contribution is 7.90. The minimum Gasteiger partial charge on any atom is -0.363 e. The minimum absolute atomic E-state index is 0.234. The van der Waals surface area contributed by atoms with E-state index < -0.39 is 14.8 Å². The third kappa shape index (κ3) is 4.45. The summed E-state index contributed by atoms with van der Waals surface area (Å²) >= 11 is 1.66. The second-order valence-electron chi connectivity index (χ2n) is 6.50. The predicted molar refractivity (Wildman–Crippen MR) is 105 cm³/mol. The lowest BCUT2D eigenvalue weighted by Crippen LogP contribution is -2.46. The summed E-state index contributed by atoms with van der Waals surface area (Å²) in [4.78, 5) is 19.5. The SMILES string of the molecule is CCc1nc(CN2CCN(c3cccc(S(C)(=O)=O)c3[N+](=O)[O-])CC2)cs1. The molecule has 0 spiro atoms. The van der Waals surface area contributed by atoms with E-state index in [1.165, 1.54) is 6.07 Å². The minimum atomic E-state index is -3.68. The Morgan fingerprint density at radius 1 is 1.26 bits per heavy atom. The van der Waals surface area contributed by atoms with E-state index in [4.69, 9.17) is 0 Å². The molecule has 0 atom stereocenters. The third-order valence-electron chi connectivity index (χ3n) is 4.56. The molecule has 0 saturated carbocycles. The Labute approximate surface area is 162 Å². The maximum atomic E-state index is 11.9. The van der Waals surface area contributed by atoms with Crippen molar-refractivity contribution in [2.24, 2.45) is 0 Å². The molecule has 1 aliphatic heterocycles. The molecule has 2 heterocycles. The van der Waals surface area contributed by atoms with Gasteiger partial charge < -0.3 is 4.90 Å². The Bertz CT molecular complexity index is 934. The number of nitro benzene ring substituents is 1. The van der Waals surface area contributed by atoms with Crippen LogP contribution in [0.5, 0.6) is 0 Å². The first kappa shape index (κ1) is 19.7. The molecule has 2 aromatic rings. The summed E-state index contributed by atoms with van der Waals surface area (Å²) < 4.78 is 23.9. The lowest BCUT2D eigenvalue weighted by Gasteiger charge is -2.35. The number of hydrogen-bond donors (Lipinski definition) is 0. The number of anilines is 1. The van der Waals surface area contributed by atoms with Crippen LogP contribution >= 0.6 is 11.3 Å². The van der Waals surface area contributed by atoms with Gasteiger partial charge in [0.25, 0.3) is 0 Å². The van der Waals surface area contributed by atoms with Crippen LogP contribution in [0.3, 0.4) is 0 Å². The molecule has 0 bridgehead atoms. The molecule has 0 amide bonds. The van der Waals surface area contributed by atoms with Crippen molar-refractivity contribution in [3.63, 3.8) is 0 Å². The van der Waals surface area contributed by atoms with Crippen LogP contribution < -0.4 is 4.90 Å². The number of aromatic nitrogens is 1. The quantitative estimate of drug-likeness (QED) is 0.533. The number of aryl methyl sites for hydroxylation is 1. The fraction of sp³-hybridized carbons (Fsp3) is 0.471. The summed E-state index contributed by atoms with van der Waals surface area (Å²) in [6.07, 6.45) is 1.92. The molecule has 1 aliphatic rings. The second-order valence-corrected chi connectivity index (χ2v) is 9.43. The van der Waals surface area contributed by atoms with Gasteiger partial charge in [-0.3, -0.25) is 15.0 Å². The molecule has 8 nitrogen and oxygen atoms in total. The van der Waals surface area contributed by atoms with E-state index in [1.54, 1.807) is 23.5 Å². The van der Waals surface area contributed by atoms with E-state index in [0.717, 1.165) is 43.0 Å². The zero-order valence-electron chi connectivity index (χ0n) is 15.3. The molecule has 1 aromatic carbocycles. The summed E-state index contributed by atoms with van der Waals surface area (Å²) in [5.41, 5.74) is 1.08. The summed E-state index contributed by atoms with van der Waals surface area (Å²) in [6.45, 7) is 5.50. The Kier molecular flexibility index (Phi) is 5.78. The van der Waals surface area contributed by atoms with Gasteiger partial charge in [-0.25, -0.2) is 13.4 Å². The van der Waals surface area contributed by atoms with Gasteiger partial charge in [-0.15, -0.1) is 11.3 Å². The summed E-state index contributed by atoms with van der Waals surface area (Å²) in [6, 6.07) is 4.48. The number of nitro groups is 1. The van der Waals surface area contributed by atoms with E-state index in [1.807, 2.05) is 4.90 Å². The van der Waals surface area contributed by atoms with Crippen molar-refractivity contribution in [2.45, 2.75) is 24.8 Å². The van der Waals surface area contributed by atoms with Crippen molar-refractivity contribution in [1.29, 1.82) is 0 Å². The fourth-order valence-electron chi connectivity index (χ4n) is 3.21. The number of para-hydroxylation sites is 1. The van der Waals surface area contributed by atoms with Gasteiger partial charge in [0, 0.05) is 44.4 Å². The number of hydrogen-bond acceptors (Lipinski definition) is 8. The molecule has 0 unspecified atom stereocenters. The third-order valence-corrected chi connectivity index (χ3v) is 6.73. The lowest BCUT2D eigenvalue weighted by atomic mass is 10.2. The summed E-state index contributed by atoms with van der Waals surface area (Å²) in [5.74, 6) is 0. The van der Waals surface area contributed by atoms with E-state index in [9.17, 15) is 18.5 Å². The number of thiazole rings is 1. The predicted octanol–water partition coefficient (Wildman–Crippen LogP) is 2.34. The molecule has 0 radical (unpaired) electrons. The van der Waals surface area contributed by atoms with E-state index in [2.05, 4.69) is 22.2 Å². The maximum absolute atomic E-state index is 11.9. The molecule has 146 valence electrons. The number of benzene rings is 1. The van der Waals surface area contributed by atoms with E-state index >= 15 is 0 Å². The highest BCUT2D eigenvalue weighted by Gasteiger charge is 2.30. The molecule has 0 aliphatic carbocycles. The number of piperazine rings is 1. The number of nitrogens with zero attached hydrogens (tertiary/aromatic N) is 4. The number of sulfone groups is 1. The fourth-order valence-corrected chi connectivity index (χ4v) is 4.80. The second kappa shape index (κ2) is 7.91. The first-order valence-electron chi connectivity index (χ1n) is 8.67. The van der Waals surface area contributed by atoms with Crippen molar-refractivity contribution in [3.8, 4) is 0 Å². The monoisotopic (exact) mass is 410 g/mol. The highest BCUT2D eigenvalue weighted by Crippen LogP contribution is 2.35. The Morgan fingerprint density at radius 2 is 1.96 bits per heavy atom. The van der Waals surface area contributed by atoms with Crippen molar-refractivity contribution in [1.82, 2.24) is 9.88 Å². The van der Waals surface area contributed by atoms with Crippen LogP contribution in [0.25, 0.3) is 0 Å². The van der Waals surface area contributed by atoms with Gasteiger partial charge in [0.15, 0.2) is 9.84 Å². The van der Waals surface area contributed by atoms with Crippen molar-refractivity contribution >= 4 is 32.5 Å². The molecule has 27 heavy (non-hydrogen) atoms. The Hall–Kier alpha value is -2.04. The summed E-state index contributed by atoms with van der Waals surface area (Å²) in [7, 11) is -3.68. The average molecular weight is 411 g/mol. The van der Waals surface area contributed by atoms with E-state index in [-0.39, 0.29) is 10.6 Å². The van der Waals surface area contributed by atoms with Crippen molar-refractivity contribution in [3.05, 3.63) is 44.4 Å². The standard InChI is InChI=1S/C17H22N4O4S2/c1-3-16-18-13(12-26-16)11-19-7-9-20(10-8-19)14-5-4-6-15(27(2,24)25)17(14)21(22)23/h4-6,12H,3,7-11H2,1-2H3. The van der Waals surface area contributed by atoms with Crippen LogP contribution in [0.1, 0.15) is 17.6 Å². The molecule has 1 saturated heterocycles. The molecule has 3 rings (SSSR count). The maximum Gasteiger partial charge on any atom is 0.311 e. The number of rotatable bonds is 6. The van der Waals surface area contributed by atoms with Gasteiger partial charge in [-0.1, -0.05) is 13.0 Å². The van der Waals surface area contributed by atoms with Crippen LogP contribution in [0, 0.1) is 10.1 Å². The van der Waals surface area contributed by atoms with Crippen LogP contribution in [-0.4, -0.2) is 55.7 Å². The van der Waals surface area contributed by atoms with Crippen LogP contribution in [0.4, 0.5) is 11.4 Å². The van der Waals surface area contributed by atoms with Crippen LogP contribution in [0.15, 0.2) is 28.5 Å². The van der Waals surface area contributed by atoms with Crippen molar-refractivity contribution in [2.75, 3.05) is 37.3 Å². The van der Waals surface area contributed by atoms with Crippen LogP contribution in [0.2, 0.25) is 0 Å². The van der Waals surface area contributed by atoms with Gasteiger partial charge in [-0.2, -0.15) is 0 Å². The molecule has 1 aromatic heterocycles. The smallest absolute Gasteiger partial charge is 0.311 e. The first-order chi connectivity index (χ1) is 12.8. The molecule has 0 N–H and O–H groups in total. The van der Waals surface area contributed by atoms with Gasteiger partial charge in [0.1, 0.15) is 10.6 Å². The Balaban J connectivity index is 1.75. The summed E-state index contributed by atoms with van der Waals surface area (Å²) in [5, 5.41) is 14.8. The molecular formula is C17H22N4O4S2. The van der Waals surface area contributed by atoms with Gasteiger partial charge in [0.05, 0.1) is 15.6 Å². The zero-order chi connectivity index (χ0) is 19.6. The molecular weight excluding hydrogens is 388 g/mol. The lowest BCUT2D eigenvalue weighted by molar-refractivity contribution is -0.387. The van der Waals surface area contributed by atoms with E-state index in [0.29, 0.717) is 18.8 Å². The molecule has 1 fully saturated rings. The topological polar surface area (TPSA) is 96.7 Å². The Morgan fingerprint density at radius 3 is 2.52 bits per heavy atom. The molecule has 10 heteroatoms. The van der Waals surface area contributed by atoms with Crippen molar-refractivity contribution < 1.29 is 13.3 Å². The first-order valence-corrected chi connectivity index (χ1v) is 11.4.